The van der Waals surface area contributed by atoms with Crippen molar-refractivity contribution in [1.82, 2.24) is 0 Å². The van der Waals surface area contributed by atoms with E-state index >= 15 is 0 Å². The molecule has 3 aromatic rings. The lowest BCUT2D eigenvalue weighted by atomic mass is 9.97. The van der Waals surface area contributed by atoms with Gasteiger partial charge in [0.15, 0.2) is 0 Å². The van der Waals surface area contributed by atoms with Crippen molar-refractivity contribution >= 4 is 22.4 Å². The van der Waals surface area contributed by atoms with Crippen molar-refractivity contribution in [1.29, 1.82) is 0 Å². The molecule has 0 spiro atoms. The second kappa shape index (κ2) is 5.74. The molecule has 0 N–H and O–H groups in total. The molecular formula is C18H14ClFO. The number of halogens is 2. The molecule has 0 amide bonds. The van der Waals surface area contributed by atoms with E-state index in [1.807, 2.05) is 42.5 Å². The Kier molecular flexibility index (Phi) is 3.80. The first-order valence-electron chi connectivity index (χ1n) is 6.66. The summed E-state index contributed by atoms with van der Waals surface area (Å²) in [4.78, 5) is 0. The number of hydrogen-bond donors (Lipinski definition) is 0. The van der Waals surface area contributed by atoms with Crippen LogP contribution in [0.4, 0.5) is 4.39 Å². The number of ether oxygens (including phenoxy) is 1. The number of fused-ring (bicyclic) bond motifs is 1. The number of rotatable bonds is 3. The fourth-order valence-corrected chi connectivity index (χ4v) is 2.90. The van der Waals surface area contributed by atoms with Gasteiger partial charge in [-0.1, -0.05) is 42.5 Å². The monoisotopic (exact) mass is 300 g/mol. The van der Waals surface area contributed by atoms with E-state index in [2.05, 4.69) is 0 Å². The molecule has 3 rings (SSSR count). The zero-order chi connectivity index (χ0) is 14.8. The summed E-state index contributed by atoms with van der Waals surface area (Å²) in [6, 6.07) is 18.4. The fourth-order valence-electron chi connectivity index (χ4n) is 2.54. The first kappa shape index (κ1) is 13.9. The Balaban J connectivity index is 2.17. The molecule has 0 bridgehead atoms. The molecule has 1 unspecified atom stereocenters. The molecule has 1 atom stereocenters. The molecule has 0 aliphatic rings. The number of methoxy groups -OCH3 is 1. The van der Waals surface area contributed by atoms with Gasteiger partial charge in [0.05, 0.1) is 12.5 Å². The highest BCUT2D eigenvalue weighted by Gasteiger charge is 2.18. The van der Waals surface area contributed by atoms with Crippen LogP contribution in [0.5, 0.6) is 5.75 Å². The molecule has 1 nitrogen and oxygen atoms in total. The second-order valence-corrected chi connectivity index (χ2v) is 5.25. The van der Waals surface area contributed by atoms with Gasteiger partial charge in [-0.3, -0.25) is 0 Å². The van der Waals surface area contributed by atoms with Gasteiger partial charge in [-0.15, -0.1) is 11.6 Å². The van der Waals surface area contributed by atoms with Crippen molar-refractivity contribution in [3.63, 3.8) is 0 Å². The minimum absolute atomic E-state index is 0.323. The van der Waals surface area contributed by atoms with Crippen molar-refractivity contribution in [2.75, 3.05) is 7.11 Å². The summed E-state index contributed by atoms with van der Waals surface area (Å²) in [6.45, 7) is 0. The zero-order valence-corrected chi connectivity index (χ0v) is 12.3. The third-order valence-corrected chi connectivity index (χ3v) is 4.03. The van der Waals surface area contributed by atoms with Crippen LogP contribution < -0.4 is 4.74 Å². The summed E-state index contributed by atoms with van der Waals surface area (Å²) in [5, 5.41) is 1.70. The molecule has 21 heavy (non-hydrogen) atoms. The first-order chi connectivity index (χ1) is 10.2. The molecular weight excluding hydrogens is 287 g/mol. The maximum absolute atomic E-state index is 13.6. The van der Waals surface area contributed by atoms with Gasteiger partial charge < -0.3 is 4.74 Å². The minimum Gasteiger partial charge on any atom is -0.496 e. The molecule has 0 aliphatic carbocycles. The summed E-state index contributed by atoms with van der Waals surface area (Å²) < 4.78 is 18.9. The van der Waals surface area contributed by atoms with Gasteiger partial charge in [-0.25, -0.2) is 4.39 Å². The van der Waals surface area contributed by atoms with Crippen LogP contribution in [0, 0.1) is 5.82 Å². The van der Waals surface area contributed by atoms with Crippen LogP contribution in [0.1, 0.15) is 16.5 Å². The maximum atomic E-state index is 13.6. The van der Waals surface area contributed by atoms with Gasteiger partial charge in [-0.05, 0) is 34.5 Å². The largest absolute Gasteiger partial charge is 0.496 e. The highest BCUT2D eigenvalue weighted by molar-refractivity contribution is 6.23. The van der Waals surface area contributed by atoms with E-state index in [0.717, 1.165) is 16.3 Å². The van der Waals surface area contributed by atoms with E-state index in [1.165, 1.54) is 12.1 Å². The Morgan fingerprint density at radius 1 is 0.952 bits per heavy atom. The van der Waals surface area contributed by atoms with Crippen LogP contribution >= 0.6 is 11.6 Å². The second-order valence-electron chi connectivity index (χ2n) is 4.82. The Bertz CT molecular complexity index is 780. The van der Waals surface area contributed by atoms with Gasteiger partial charge in [0, 0.05) is 5.56 Å². The zero-order valence-electron chi connectivity index (χ0n) is 11.5. The third-order valence-electron chi connectivity index (χ3n) is 3.56. The van der Waals surface area contributed by atoms with Crippen molar-refractivity contribution < 1.29 is 9.13 Å². The third kappa shape index (κ3) is 2.59. The van der Waals surface area contributed by atoms with Gasteiger partial charge in [0.25, 0.3) is 0 Å². The molecule has 0 aliphatic heterocycles. The van der Waals surface area contributed by atoms with Gasteiger partial charge in [-0.2, -0.15) is 0 Å². The molecule has 0 aromatic heterocycles. The summed E-state index contributed by atoms with van der Waals surface area (Å²) in [6.07, 6.45) is 0. The van der Waals surface area contributed by atoms with Gasteiger partial charge in [0.2, 0.25) is 0 Å². The van der Waals surface area contributed by atoms with E-state index in [-0.39, 0.29) is 5.82 Å². The van der Waals surface area contributed by atoms with Gasteiger partial charge in [0.1, 0.15) is 11.6 Å². The molecule has 3 aromatic carbocycles. The Morgan fingerprint density at radius 2 is 1.71 bits per heavy atom. The Labute approximate surface area is 127 Å². The SMILES string of the molecule is COc1ccc(F)cc1C(Cl)c1cccc2ccccc12. The summed E-state index contributed by atoms with van der Waals surface area (Å²) in [7, 11) is 1.56. The van der Waals surface area contributed by atoms with Crippen LogP contribution in [-0.2, 0) is 0 Å². The minimum atomic E-state index is -0.471. The van der Waals surface area contributed by atoms with E-state index in [1.54, 1.807) is 13.2 Å². The lowest BCUT2D eigenvalue weighted by Crippen LogP contribution is -1.99. The predicted octanol–water partition coefficient (Wildman–Crippen LogP) is 5.32. The van der Waals surface area contributed by atoms with Gasteiger partial charge >= 0.3 is 0 Å². The van der Waals surface area contributed by atoms with Crippen LogP contribution in [0.25, 0.3) is 10.8 Å². The highest BCUT2D eigenvalue weighted by Crippen LogP contribution is 2.38. The summed E-state index contributed by atoms with van der Waals surface area (Å²) >= 11 is 6.62. The van der Waals surface area contributed by atoms with Crippen molar-refractivity contribution in [3.05, 3.63) is 77.6 Å². The van der Waals surface area contributed by atoms with E-state index in [9.17, 15) is 4.39 Å². The standard InChI is InChI=1S/C18H14ClFO/c1-21-17-10-9-13(20)11-16(17)18(19)15-8-4-6-12-5-2-3-7-14(12)15/h2-11,18H,1H3. The number of hydrogen-bond acceptors (Lipinski definition) is 1. The number of benzene rings is 3. The van der Waals surface area contributed by atoms with Crippen LogP contribution in [0.15, 0.2) is 60.7 Å². The van der Waals surface area contributed by atoms with Crippen molar-refractivity contribution in [2.45, 2.75) is 5.38 Å². The fraction of sp³-hybridized carbons (Fsp3) is 0.111. The lowest BCUT2D eigenvalue weighted by Gasteiger charge is -2.16. The van der Waals surface area contributed by atoms with Crippen LogP contribution in [0.2, 0.25) is 0 Å². The Morgan fingerprint density at radius 3 is 2.52 bits per heavy atom. The normalized spacial score (nSPS) is 12.3. The molecule has 0 heterocycles. The van der Waals surface area contributed by atoms with Crippen LogP contribution in [-0.4, -0.2) is 7.11 Å². The number of alkyl halides is 1. The topological polar surface area (TPSA) is 9.23 Å². The summed E-state index contributed by atoms with van der Waals surface area (Å²) in [5.41, 5.74) is 1.58. The maximum Gasteiger partial charge on any atom is 0.124 e. The average Bonchev–Trinajstić information content (AvgIpc) is 2.53. The average molecular weight is 301 g/mol. The molecule has 0 saturated carbocycles. The van der Waals surface area contributed by atoms with Crippen LogP contribution in [0.3, 0.4) is 0 Å². The first-order valence-corrected chi connectivity index (χ1v) is 7.09. The highest BCUT2D eigenvalue weighted by atomic mass is 35.5. The molecule has 106 valence electrons. The molecule has 0 radical (unpaired) electrons. The van der Waals surface area contributed by atoms with E-state index in [4.69, 9.17) is 16.3 Å². The Hall–Kier alpha value is -2.06. The predicted molar refractivity (Wildman–Crippen MR) is 84.6 cm³/mol. The molecule has 0 fully saturated rings. The lowest BCUT2D eigenvalue weighted by molar-refractivity contribution is 0.409. The summed E-state index contributed by atoms with van der Waals surface area (Å²) in [5.74, 6) is 0.265. The smallest absolute Gasteiger partial charge is 0.124 e. The van der Waals surface area contributed by atoms with Crippen molar-refractivity contribution in [3.8, 4) is 5.75 Å². The van der Waals surface area contributed by atoms with Crippen molar-refractivity contribution in [2.24, 2.45) is 0 Å². The van der Waals surface area contributed by atoms with E-state index < -0.39 is 5.38 Å². The molecule has 0 saturated heterocycles. The molecule has 3 heteroatoms. The van der Waals surface area contributed by atoms with E-state index in [0.29, 0.717) is 11.3 Å². The quantitative estimate of drug-likeness (QED) is 0.595.